The fraction of sp³-hybridized carbons (Fsp3) is 0.267. The predicted molar refractivity (Wildman–Crippen MR) is 75.4 cm³/mol. The summed E-state index contributed by atoms with van der Waals surface area (Å²) in [6, 6.07) is 11.0. The monoisotopic (exact) mass is 257 g/mol. The number of aromatic nitrogens is 1. The van der Waals surface area contributed by atoms with E-state index >= 15 is 0 Å². The highest BCUT2D eigenvalue weighted by Gasteiger charge is 2.15. The number of hydrogen-bond acceptors (Lipinski definition) is 2. The lowest BCUT2D eigenvalue weighted by Gasteiger charge is -2.13. The maximum Gasteiger partial charge on any atom is 0.241 e. The Morgan fingerprint density at radius 3 is 2.58 bits per heavy atom. The van der Waals surface area contributed by atoms with E-state index < -0.39 is 6.04 Å². The molecule has 1 heterocycles. The zero-order chi connectivity index (χ0) is 13.8. The molecular formula is C15H19N3O. The molecule has 0 saturated heterocycles. The Balaban J connectivity index is 1.96. The molecule has 0 radical (unpaired) electrons. The van der Waals surface area contributed by atoms with E-state index in [1.54, 1.807) is 0 Å². The fourth-order valence-corrected chi connectivity index (χ4v) is 1.89. The first kappa shape index (κ1) is 13.4. The van der Waals surface area contributed by atoms with E-state index in [2.05, 4.69) is 5.32 Å². The van der Waals surface area contributed by atoms with Crippen LogP contribution >= 0.6 is 0 Å². The minimum absolute atomic E-state index is 0.162. The molecule has 0 bridgehead atoms. The second-order valence-electron chi connectivity index (χ2n) is 4.72. The van der Waals surface area contributed by atoms with E-state index in [9.17, 15) is 4.79 Å². The lowest BCUT2D eigenvalue weighted by molar-refractivity contribution is -0.122. The summed E-state index contributed by atoms with van der Waals surface area (Å²) in [7, 11) is 1.95. The molecule has 0 fully saturated rings. The molecule has 1 aromatic carbocycles. The van der Waals surface area contributed by atoms with Crippen molar-refractivity contribution in [1.82, 2.24) is 9.88 Å². The van der Waals surface area contributed by atoms with Crippen molar-refractivity contribution in [2.75, 3.05) is 0 Å². The Bertz CT molecular complexity index is 557. The van der Waals surface area contributed by atoms with Gasteiger partial charge in [0, 0.05) is 18.9 Å². The van der Waals surface area contributed by atoms with Crippen molar-refractivity contribution in [2.45, 2.75) is 19.5 Å². The number of rotatable bonds is 4. The number of benzene rings is 1. The van der Waals surface area contributed by atoms with Crippen LogP contribution in [0.5, 0.6) is 0 Å². The number of nitrogens with one attached hydrogen (secondary N) is 1. The average Bonchev–Trinajstić information content (AvgIpc) is 2.81. The van der Waals surface area contributed by atoms with E-state index in [0.29, 0.717) is 6.54 Å². The molecule has 0 aliphatic heterocycles. The van der Waals surface area contributed by atoms with Crippen molar-refractivity contribution in [3.05, 3.63) is 59.4 Å². The van der Waals surface area contributed by atoms with Crippen molar-refractivity contribution in [3.63, 3.8) is 0 Å². The van der Waals surface area contributed by atoms with Crippen LogP contribution in [0.1, 0.15) is 22.9 Å². The molecule has 4 heteroatoms. The van der Waals surface area contributed by atoms with Crippen molar-refractivity contribution in [3.8, 4) is 0 Å². The van der Waals surface area contributed by atoms with Gasteiger partial charge in [0.05, 0.1) is 6.54 Å². The number of aryl methyl sites for hydroxylation is 2. The van der Waals surface area contributed by atoms with Gasteiger partial charge in [-0.1, -0.05) is 29.8 Å². The minimum atomic E-state index is -0.624. The Labute approximate surface area is 113 Å². The summed E-state index contributed by atoms with van der Waals surface area (Å²) in [6.07, 6.45) is 1.95. The highest BCUT2D eigenvalue weighted by Crippen LogP contribution is 2.11. The quantitative estimate of drug-likeness (QED) is 0.875. The van der Waals surface area contributed by atoms with Crippen molar-refractivity contribution in [1.29, 1.82) is 0 Å². The summed E-state index contributed by atoms with van der Waals surface area (Å²) in [5.41, 5.74) is 8.97. The molecule has 19 heavy (non-hydrogen) atoms. The van der Waals surface area contributed by atoms with Crippen LogP contribution in [0.4, 0.5) is 0 Å². The molecule has 1 atom stereocenters. The molecule has 3 N–H and O–H groups in total. The number of nitrogens with two attached hydrogens (primary N) is 1. The molecular weight excluding hydrogens is 238 g/mol. The molecule has 2 aromatic rings. The Morgan fingerprint density at radius 2 is 2.00 bits per heavy atom. The molecule has 0 spiro atoms. The van der Waals surface area contributed by atoms with Crippen LogP contribution in [-0.2, 0) is 18.4 Å². The van der Waals surface area contributed by atoms with Crippen molar-refractivity contribution < 1.29 is 4.79 Å². The first-order chi connectivity index (χ1) is 9.08. The topological polar surface area (TPSA) is 60.1 Å². The molecule has 1 aromatic heterocycles. The van der Waals surface area contributed by atoms with Gasteiger partial charge in [-0.05, 0) is 24.6 Å². The van der Waals surface area contributed by atoms with Gasteiger partial charge in [-0.15, -0.1) is 0 Å². The maximum absolute atomic E-state index is 12.0. The van der Waals surface area contributed by atoms with Crippen LogP contribution in [0.15, 0.2) is 42.6 Å². The predicted octanol–water partition coefficient (Wildman–Crippen LogP) is 1.65. The average molecular weight is 257 g/mol. The van der Waals surface area contributed by atoms with E-state index in [1.165, 1.54) is 0 Å². The maximum atomic E-state index is 12.0. The van der Waals surface area contributed by atoms with Gasteiger partial charge in [-0.2, -0.15) is 0 Å². The summed E-state index contributed by atoms with van der Waals surface area (Å²) < 4.78 is 1.97. The molecule has 4 nitrogen and oxygen atoms in total. The third-order valence-electron chi connectivity index (χ3n) is 3.21. The van der Waals surface area contributed by atoms with Crippen LogP contribution in [0.2, 0.25) is 0 Å². The lowest BCUT2D eigenvalue weighted by atomic mass is 10.1. The number of carbonyl (C=O) groups excluding carboxylic acids is 1. The second kappa shape index (κ2) is 5.71. The molecule has 0 aliphatic rings. The molecule has 1 unspecified atom stereocenters. The van der Waals surface area contributed by atoms with Gasteiger partial charge in [0.1, 0.15) is 6.04 Å². The van der Waals surface area contributed by atoms with E-state index in [0.717, 1.165) is 16.8 Å². The third kappa shape index (κ3) is 3.23. The minimum Gasteiger partial charge on any atom is -0.353 e. The van der Waals surface area contributed by atoms with E-state index in [1.807, 2.05) is 61.1 Å². The lowest BCUT2D eigenvalue weighted by Crippen LogP contribution is -2.34. The zero-order valence-electron chi connectivity index (χ0n) is 11.3. The standard InChI is InChI=1S/C15H19N3O/c1-11-5-7-12(8-6-11)14(16)15(19)17-10-13-4-3-9-18(13)2/h3-9,14H,10,16H2,1-2H3,(H,17,19). The summed E-state index contributed by atoms with van der Waals surface area (Å²) in [5.74, 6) is -0.162. The van der Waals surface area contributed by atoms with Crippen LogP contribution in [0, 0.1) is 6.92 Å². The van der Waals surface area contributed by atoms with Gasteiger partial charge in [0.25, 0.3) is 0 Å². The van der Waals surface area contributed by atoms with Gasteiger partial charge in [0.15, 0.2) is 0 Å². The zero-order valence-corrected chi connectivity index (χ0v) is 11.3. The van der Waals surface area contributed by atoms with Crippen molar-refractivity contribution in [2.24, 2.45) is 12.8 Å². The fourth-order valence-electron chi connectivity index (χ4n) is 1.89. The smallest absolute Gasteiger partial charge is 0.241 e. The Morgan fingerprint density at radius 1 is 1.32 bits per heavy atom. The summed E-state index contributed by atoms with van der Waals surface area (Å²) in [5, 5.41) is 2.85. The molecule has 0 aliphatic carbocycles. The summed E-state index contributed by atoms with van der Waals surface area (Å²) >= 11 is 0. The normalized spacial score (nSPS) is 12.2. The van der Waals surface area contributed by atoms with Crippen molar-refractivity contribution >= 4 is 5.91 Å². The third-order valence-corrected chi connectivity index (χ3v) is 3.21. The van der Waals surface area contributed by atoms with Crippen LogP contribution in [-0.4, -0.2) is 10.5 Å². The van der Waals surface area contributed by atoms with Crippen LogP contribution in [0.25, 0.3) is 0 Å². The van der Waals surface area contributed by atoms with Gasteiger partial charge in [-0.3, -0.25) is 4.79 Å². The van der Waals surface area contributed by atoms with E-state index in [4.69, 9.17) is 5.73 Å². The number of nitrogens with zero attached hydrogens (tertiary/aromatic N) is 1. The first-order valence-corrected chi connectivity index (χ1v) is 6.28. The molecule has 100 valence electrons. The van der Waals surface area contributed by atoms with Gasteiger partial charge in [-0.25, -0.2) is 0 Å². The largest absolute Gasteiger partial charge is 0.353 e. The van der Waals surface area contributed by atoms with Gasteiger partial charge in [0.2, 0.25) is 5.91 Å². The van der Waals surface area contributed by atoms with Gasteiger partial charge < -0.3 is 15.6 Å². The Hall–Kier alpha value is -2.07. The number of amides is 1. The highest BCUT2D eigenvalue weighted by atomic mass is 16.2. The number of hydrogen-bond donors (Lipinski definition) is 2. The Kier molecular flexibility index (Phi) is 4.02. The molecule has 0 saturated carbocycles. The molecule has 1 amide bonds. The van der Waals surface area contributed by atoms with Crippen LogP contribution in [0.3, 0.4) is 0 Å². The second-order valence-corrected chi connectivity index (χ2v) is 4.72. The molecule has 2 rings (SSSR count). The van der Waals surface area contributed by atoms with E-state index in [-0.39, 0.29) is 5.91 Å². The SMILES string of the molecule is Cc1ccc(C(N)C(=O)NCc2cccn2C)cc1. The summed E-state index contributed by atoms with van der Waals surface area (Å²) in [4.78, 5) is 12.0. The van der Waals surface area contributed by atoms with Crippen LogP contribution < -0.4 is 11.1 Å². The first-order valence-electron chi connectivity index (χ1n) is 6.28. The summed E-state index contributed by atoms with van der Waals surface area (Å²) in [6.45, 7) is 2.49. The number of carbonyl (C=O) groups is 1. The van der Waals surface area contributed by atoms with Gasteiger partial charge >= 0.3 is 0 Å². The highest BCUT2D eigenvalue weighted by molar-refractivity contribution is 5.82.